The Balaban J connectivity index is 0.816. The molecule has 9 aromatic rings. The second kappa shape index (κ2) is 36.7. The molecule has 1 aliphatic heterocycles. The topological polar surface area (TPSA) is 0 Å². The highest BCUT2D eigenvalue weighted by Crippen LogP contribution is 2.51. The van der Waals surface area contributed by atoms with Gasteiger partial charge < -0.3 is 0 Å². The van der Waals surface area contributed by atoms with Crippen molar-refractivity contribution < 1.29 is 0 Å². The van der Waals surface area contributed by atoms with Gasteiger partial charge in [-0.15, -0.1) is 102 Å². The molecule has 0 radical (unpaired) electrons. The Kier molecular flexibility index (Phi) is 28.4. The molecule has 0 amide bonds. The molecule has 0 aromatic carbocycles. The number of hydrogen-bond acceptors (Lipinski definition) is 10. The van der Waals surface area contributed by atoms with Crippen molar-refractivity contribution in [3.05, 3.63) is 144 Å². The first kappa shape index (κ1) is 69.0. The summed E-state index contributed by atoms with van der Waals surface area (Å²) in [7, 11) is 0. The molecule has 0 aliphatic carbocycles. The van der Waals surface area contributed by atoms with Crippen LogP contribution in [0.25, 0.3) is 73.2 Å². The fourth-order valence-electron chi connectivity index (χ4n) is 12.5. The van der Waals surface area contributed by atoms with E-state index in [1.807, 2.05) is 68.0 Å². The van der Waals surface area contributed by atoms with E-state index in [1.165, 1.54) is 274 Å². The van der Waals surface area contributed by atoms with E-state index >= 15 is 0 Å². The van der Waals surface area contributed by atoms with E-state index in [0.29, 0.717) is 0 Å². The Morgan fingerprint density at radius 3 is 1.00 bits per heavy atom. The van der Waals surface area contributed by atoms with E-state index in [1.54, 1.807) is 32.0 Å². The zero-order valence-corrected chi connectivity index (χ0v) is 62.8. The van der Waals surface area contributed by atoms with E-state index in [0.717, 1.165) is 25.7 Å². The van der Waals surface area contributed by atoms with Gasteiger partial charge in [-0.05, 0) is 209 Å². The molecule has 10 heteroatoms. The van der Waals surface area contributed by atoms with Crippen LogP contribution in [0.5, 0.6) is 0 Å². The number of rotatable bonds is 40. The molecule has 0 nitrogen and oxygen atoms in total. The minimum absolute atomic E-state index is 1.12. The van der Waals surface area contributed by atoms with Gasteiger partial charge in [0.05, 0.1) is 0 Å². The zero-order valence-electron chi connectivity index (χ0n) is 54.7. The van der Waals surface area contributed by atoms with Crippen molar-refractivity contribution in [2.45, 2.75) is 253 Å². The van der Waals surface area contributed by atoms with Gasteiger partial charge in [-0.1, -0.05) is 180 Å². The van der Waals surface area contributed by atoms with Crippen LogP contribution in [0, 0.1) is 13.8 Å². The van der Waals surface area contributed by atoms with E-state index in [2.05, 4.69) is 184 Å². The molecule has 0 N–H and O–H groups in total. The van der Waals surface area contributed by atoms with Crippen molar-refractivity contribution in [3.63, 3.8) is 0 Å². The monoisotopic (exact) mass is 1370 g/mol. The molecule has 0 fully saturated rings. The number of unbranched alkanes of at least 4 members (excludes halogenated alkanes) is 20. The van der Waals surface area contributed by atoms with E-state index in [4.69, 9.17) is 0 Å². The van der Waals surface area contributed by atoms with Crippen LogP contribution in [-0.4, -0.2) is 0 Å². The van der Waals surface area contributed by atoms with Crippen molar-refractivity contribution in [3.8, 4) is 68.3 Å². The molecule has 0 spiro atoms. The van der Waals surface area contributed by atoms with Crippen molar-refractivity contribution in [1.29, 1.82) is 0 Å². The van der Waals surface area contributed by atoms with Crippen LogP contribution in [0.2, 0.25) is 0 Å². The predicted octanol–water partition coefficient (Wildman–Crippen LogP) is 30.9. The summed E-state index contributed by atoms with van der Waals surface area (Å²) in [5, 5.41) is 0. The Morgan fingerprint density at radius 2 is 0.607 bits per heavy atom. The van der Waals surface area contributed by atoms with Crippen LogP contribution < -0.4 is 0 Å². The molecule has 0 atom stereocenters. The van der Waals surface area contributed by atoms with E-state index in [-0.39, 0.29) is 0 Å². The average molecular weight is 1370 g/mol. The lowest BCUT2D eigenvalue weighted by Crippen LogP contribution is -1.89. The smallest absolute Gasteiger partial charge is 0.0481 e. The summed E-state index contributed by atoms with van der Waals surface area (Å²) in [5.74, 6) is 0. The number of allylic oxidation sites excluding steroid dienone is 3. The summed E-state index contributed by atoms with van der Waals surface area (Å²) >= 11 is 20.3. The lowest BCUT2D eigenvalue weighted by Gasteiger charge is -2.10. The van der Waals surface area contributed by atoms with Crippen molar-refractivity contribution >= 4 is 119 Å². The average Bonchev–Trinajstić information content (AvgIpc) is 3.22. The molecular weight excluding hydrogens is 1270 g/mol. The molecule has 1 aliphatic rings. The summed E-state index contributed by atoms with van der Waals surface area (Å²) in [6.45, 7) is 13.8. The van der Waals surface area contributed by atoms with Gasteiger partial charge in [0.15, 0.2) is 0 Å². The van der Waals surface area contributed by atoms with Crippen LogP contribution in [0.1, 0.15) is 249 Å². The Morgan fingerprint density at radius 1 is 0.270 bits per heavy atom. The molecular formula is C79H100S10. The highest BCUT2D eigenvalue weighted by molar-refractivity contribution is 8.12. The Hall–Kier alpha value is -2.87. The van der Waals surface area contributed by atoms with Crippen molar-refractivity contribution in [1.82, 2.24) is 0 Å². The lowest BCUT2D eigenvalue weighted by molar-refractivity contribution is 0.608. The summed E-state index contributed by atoms with van der Waals surface area (Å²) in [5.41, 5.74) is 6.26. The molecule has 0 bridgehead atoms. The summed E-state index contributed by atoms with van der Waals surface area (Å²) < 4.78 is 0. The predicted molar refractivity (Wildman–Crippen MR) is 415 cm³/mol. The van der Waals surface area contributed by atoms with E-state index in [9.17, 15) is 0 Å². The fourth-order valence-corrected chi connectivity index (χ4v) is 24.3. The molecule has 0 unspecified atom stereocenters. The highest BCUT2D eigenvalue weighted by atomic mass is 32.2. The summed E-state index contributed by atoms with van der Waals surface area (Å²) in [6, 6.07) is 34.3. The minimum atomic E-state index is 1.12. The molecule has 89 heavy (non-hydrogen) atoms. The normalized spacial score (nSPS) is 12.9. The third kappa shape index (κ3) is 20.1. The first-order valence-corrected chi connectivity index (χ1v) is 43.0. The lowest BCUT2D eigenvalue weighted by atomic mass is 10.0. The van der Waals surface area contributed by atoms with Crippen LogP contribution in [0.3, 0.4) is 0 Å². The van der Waals surface area contributed by atoms with Gasteiger partial charge in [0.2, 0.25) is 0 Å². The van der Waals surface area contributed by atoms with Crippen LogP contribution in [-0.2, 0) is 32.1 Å². The van der Waals surface area contributed by atoms with Gasteiger partial charge in [-0.3, -0.25) is 0 Å². The number of thioether (sulfide) groups is 1. The third-order valence-electron chi connectivity index (χ3n) is 17.6. The molecule has 9 aromatic heterocycles. The second-order valence-corrected chi connectivity index (χ2v) is 36.4. The van der Waals surface area contributed by atoms with E-state index < -0.39 is 0 Å². The van der Waals surface area contributed by atoms with Crippen LogP contribution in [0.15, 0.2) is 102 Å². The van der Waals surface area contributed by atoms with Crippen molar-refractivity contribution in [2.24, 2.45) is 0 Å². The molecule has 10 heterocycles. The Labute approximate surface area is 578 Å². The molecule has 0 saturated carbocycles. The Bertz CT molecular complexity index is 3590. The largest absolute Gasteiger partial charge is 0.140 e. The van der Waals surface area contributed by atoms with Crippen molar-refractivity contribution in [2.75, 3.05) is 0 Å². The maximum absolute atomic E-state index is 2.61. The third-order valence-corrected chi connectivity index (χ3v) is 30.3. The second-order valence-electron chi connectivity index (χ2n) is 25.1. The number of thiophene rings is 9. The summed E-state index contributed by atoms with van der Waals surface area (Å²) in [4.78, 5) is 29.4. The molecule has 476 valence electrons. The first-order valence-electron chi connectivity index (χ1n) is 34.8. The SMILES string of the molecule is CCCCCCCCc1cc(-c2ccc(-c3cc(CCCCCCCC)c(-c4ccc(C)s4)s3)s2)sc1C1=CCCC=C(CCCc2ccc(-c3sc(-c4ccc(-c5cc(CCCCCCCC)c(-c6ccc(C)s6)s5)s4)cc3CCCCCCCC)s2)S1. The van der Waals surface area contributed by atoms with Gasteiger partial charge in [0, 0.05) is 92.7 Å². The fraction of sp³-hybridized carbons (Fsp3) is 0.494. The van der Waals surface area contributed by atoms with Crippen LogP contribution >= 0.6 is 114 Å². The van der Waals surface area contributed by atoms with Gasteiger partial charge in [0.25, 0.3) is 0 Å². The minimum Gasteiger partial charge on any atom is -0.140 e. The zero-order chi connectivity index (χ0) is 61.6. The quantitative estimate of drug-likeness (QED) is 0.0345. The number of aryl methyl sites for hydroxylation is 7. The first-order chi connectivity index (χ1) is 43.8. The molecule has 10 rings (SSSR count). The van der Waals surface area contributed by atoms with Gasteiger partial charge >= 0.3 is 0 Å². The highest BCUT2D eigenvalue weighted by Gasteiger charge is 2.23. The maximum Gasteiger partial charge on any atom is 0.0481 e. The summed E-state index contributed by atoms with van der Waals surface area (Å²) in [6.07, 6.45) is 47.8. The number of hydrogen-bond donors (Lipinski definition) is 0. The van der Waals surface area contributed by atoms with Gasteiger partial charge in [-0.25, -0.2) is 0 Å². The standard InChI is InChI=1S/C79H100S10/c1-7-11-15-19-23-27-34-58-52-72(64-48-49-65(84-64)73-53-59(35-28-24-20-16-12-8-2)77(87-73)69-45-42-56(5)80-69)86-76(58)68-41-32-31-38-62(82-68)39-33-40-63-44-47-71(83-63)79-61(37-30-26-22-18-14-10-4)55-75(89-79)67-51-50-66(85-67)74-54-60(36-29-25-21-17-13-9-3)78(88-74)70-46-43-57(6)81-70/h38,41-55H,7-37,39-40H2,1-6H3. The molecule has 0 saturated heterocycles. The van der Waals surface area contributed by atoms with Crippen LogP contribution in [0.4, 0.5) is 0 Å². The van der Waals surface area contributed by atoms with Gasteiger partial charge in [-0.2, -0.15) is 0 Å². The van der Waals surface area contributed by atoms with Gasteiger partial charge in [0.1, 0.15) is 0 Å². The maximum atomic E-state index is 2.61.